The van der Waals surface area contributed by atoms with E-state index in [4.69, 9.17) is 5.11 Å². The number of carbonyl (C=O) groups excluding carboxylic acids is 1. The number of phenols is 1. The molecule has 0 aromatic heterocycles. The van der Waals surface area contributed by atoms with Gasteiger partial charge in [0.15, 0.2) is 5.60 Å². The number of urea groups is 1. The van der Waals surface area contributed by atoms with Crippen molar-refractivity contribution >= 4 is 17.7 Å². The Kier molecular flexibility index (Phi) is 4.93. The molecule has 0 aliphatic rings. The van der Waals surface area contributed by atoms with Crippen LogP contribution < -0.4 is 10.2 Å². The van der Waals surface area contributed by atoms with Gasteiger partial charge in [-0.25, -0.2) is 9.59 Å². The van der Waals surface area contributed by atoms with Gasteiger partial charge in [0.05, 0.1) is 6.54 Å². The molecule has 0 bridgehead atoms. The molecule has 4 N–H and O–H groups in total. The molecule has 20 heavy (non-hydrogen) atoms. The van der Waals surface area contributed by atoms with Crippen LogP contribution in [0.25, 0.3) is 0 Å². The van der Waals surface area contributed by atoms with Crippen LogP contribution in [0.3, 0.4) is 0 Å². The zero-order chi connectivity index (χ0) is 15.3. The Hall–Kier alpha value is -2.28. The fourth-order valence-electron chi connectivity index (χ4n) is 1.52. The minimum atomic E-state index is -2.03. The van der Waals surface area contributed by atoms with E-state index < -0.39 is 24.1 Å². The van der Waals surface area contributed by atoms with Crippen molar-refractivity contribution in [2.75, 3.05) is 18.0 Å². The predicted octanol–water partition coefficient (Wildman–Crippen LogP) is 0.764. The topological polar surface area (TPSA) is 110 Å². The number of rotatable bonds is 5. The predicted molar refractivity (Wildman–Crippen MR) is 72.8 cm³/mol. The molecule has 0 heterocycles. The van der Waals surface area contributed by atoms with Gasteiger partial charge in [-0.15, -0.1) is 0 Å². The van der Waals surface area contributed by atoms with E-state index in [9.17, 15) is 19.8 Å². The summed E-state index contributed by atoms with van der Waals surface area (Å²) in [5, 5.41) is 30.0. The maximum Gasteiger partial charge on any atom is 0.337 e. The van der Waals surface area contributed by atoms with Crippen molar-refractivity contribution in [1.82, 2.24) is 5.32 Å². The number of hydrogen-bond donors (Lipinski definition) is 4. The van der Waals surface area contributed by atoms with Gasteiger partial charge < -0.3 is 20.6 Å². The van der Waals surface area contributed by atoms with Gasteiger partial charge in [0, 0.05) is 18.3 Å². The quantitative estimate of drug-likeness (QED) is 0.637. The molecule has 1 aromatic rings. The monoisotopic (exact) mass is 282 g/mol. The van der Waals surface area contributed by atoms with E-state index in [0.717, 1.165) is 6.92 Å². The van der Waals surface area contributed by atoms with E-state index >= 15 is 0 Å². The average Bonchev–Trinajstić information content (AvgIpc) is 2.37. The normalized spacial score (nSPS) is 13.3. The molecule has 0 aliphatic heterocycles. The fraction of sp³-hybridized carbons (Fsp3) is 0.385. The number of carbonyl (C=O) groups is 2. The van der Waals surface area contributed by atoms with E-state index in [2.05, 4.69) is 5.32 Å². The van der Waals surface area contributed by atoms with E-state index in [1.165, 1.54) is 17.0 Å². The summed E-state index contributed by atoms with van der Waals surface area (Å²) < 4.78 is 0. The van der Waals surface area contributed by atoms with E-state index in [1.54, 1.807) is 19.1 Å². The first-order valence-corrected chi connectivity index (χ1v) is 6.08. The van der Waals surface area contributed by atoms with E-state index in [1.807, 2.05) is 0 Å². The van der Waals surface area contributed by atoms with Crippen LogP contribution in [0.15, 0.2) is 24.3 Å². The lowest BCUT2D eigenvalue weighted by Crippen LogP contribution is -2.50. The standard InChI is InChI=1S/C13H18N2O5/c1-3-15(9-5-4-6-10(16)7-9)12(19)14-8-13(2,20)11(17)18/h4-7,16,20H,3,8H2,1-2H3,(H,14,19)(H,17,18). The number of anilines is 1. The molecule has 2 amide bonds. The van der Waals surface area contributed by atoms with Crippen molar-refractivity contribution in [3.63, 3.8) is 0 Å². The van der Waals surface area contributed by atoms with Crippen LogP contribution >= 0.6 is 0 Å². The Balaban J connectivity index is 2.76. The molecule has 7 heteroatoms. The van der Waals surface area contributed by atoms with Crippen LogP contribution in [0.2, 0.25) is 0 Å². The second-order valence-electron chi connectivity index (χ2n) is 4.50. The summed E-state index contributed by atoms with van der Waals surface area (Å²) in [6.07, 6.45) is 0. The Morgan fingerprint density at radius 1 is 1.40 bits per heavy atom. The summed E-state index contributed by atoms with van der Waals surface area (Å²) in [5.74, 6) is -1.40. The summed E-state index contributed by atoms with van der Waals surface area (Å²) in [4.78, 5) is 24.0. The van der Waals surface area contributed by atoms with Crippen LogP contribution in [0.5, 0.6) is 5.75 Å². The molecule has 0 saturated heterocycles. The van der Waals surface area contributed by atoms with Crippen molar-refractivity contribution in [3.05, 3.63) is 24.3 Å². The molecule has 0 spiro atoms. The molecule has 1 aromatic carbocycles. The molecule has 1 unspecified atom stereocenters. The molecule has 0 fully saturated rings. The van der Waals surface area contributed by atoms with Crippen molar-refractivity contribution in [2.24, 2.45) is 0 Å². The van der Waals surface area contributed by atoms with Crippen molar-refractivity contribution < 1.29 is 24.9 Å². The number of phenolic OH excluding ortho intramolecular Hbond substituents is 1. The lowest BCUT2D eigenvalue weighted by atomic mass is 10.1. The minimum absolute atomic E-state index is 0.0197. The summed E-state index contributed by atoms with van der Waals surface area (Å²) in [7, 11) is 0. The fourth-order valence-corrected chi connectivity index (χ4v) is 1.52. The van der Waals surface area contributed by atoms with Gasteiger partial charge in [-0.1, -0.05) is 6.07 Å². The zero-order valence-electron chi connectivity index (χ0n) is 11.3. The summed E-state index contributed by atoms with van der Waals surface area (Å²) >= 11 is 0. The third-order valence-electron chi connectivity index (χ3n) is 2.75. The number of carboxylic acid groups (broad SMARTS) is 1. The SMILES string of the molecule is CCN(C(=O)NCC(C)(O)C(=O)O)c1cccc(O)c1. The number of aliphatic carboxylic acids is 1. The van der Waals surface area contributed by atoms with Gasteiger partial charge in [0.25, 0.3) is 0 Å². The van der Waals surface area contributed by atoms with Crippen LogP contribution in [0.1, 0.15) is 13.8 Å². The Morgan fingerprint density at radius 2 is 2.05 bits per heavy atom. The summed E-state index contributed by atoms with van der Waals surface area (Å²) in [5.41, 5.74) is -1.56. The van der Waals surface area contributed by atoms with Crippen LogP contribution in [-0.2, 0) is 4.79 Å². The molecular formula is C13H18N2O5. The number of amides is 2. The number of carboxylic acids is 1. The van der Waals surface area contributed by atoms with Crippen LogP contribution in [0, 0.1) is 0 Å². The van der Waals surface area contributed by atoms with Crippen molar-refractivity contribution in [3.8, 4) is 5.75 Å². The minimum Gasteiger partial charge on any atom is -0.508 e. The van der Waals surface area contributed by atoms with Gasteiger partial charge in [0.2, 0.25) is 0 Å². The smallest absolute Gasteiger partial charge is 0.337 e. The molecule has 0 radical (unpaired) electrons. The average molecular weight is 282 g/mol. The number of nitrogens with one attached hydrogen (secondary N) is 1. The molecule has 0 saturated carbocycles. The Morgan fingerprint density at radius 3 is 2.55 bits per heavy atom. The molecular weight excluding hydrogens is 264 g/mol. The first-order chi connectivity index (χ1) is 9.27. The highest BCUT2D eigenvalue weighted by molar-refractivity contribution is 5.92. The number of hydrogen-bond acceptors (Lipinski definition) is 4. The molecule has 1 atom stereocenters. The van der Waals surface area contributed by atoms with Crippen LogP contribution in [0.4, 0.5) is 10.5 Å². The Bertz CT molecular complexity index is 501. The van der Waals surface area contributed by atoms with Gasteiger partial charge in [-0.2, -0.15) is 0 Å². The molecule has 0 aliphatic carbocycles. The first kappa shape index (κ1) is 15.8. The Labute approximate surface area is 116 Å². The summed E-state index contributed by atoms with van der Waals surface area (Å²) in [6.45, 7) is 2.74. The molecule has 7 nitrogen and oxygen atoms in total. The van der Waals surface area contributed by atoms with Crippen molar-refractivity contribution in [1.29, 1.82) is 0 Å². The first-order valence-electron chi connectivity index (χ1n) is 6.08. The van der Waals surface area contributed by atoms with Crippen LogP contribution in [-0.4, -0.2) is 46.0 Å². The van der Waals surface area contributed by atoms with E-state index in [-0.39, 0.29) is 5.75 Å². The highest BCUT2D eigenvalue weighted by Gasteiger charge is 2.31. The second kappa shape index (κ2) is 6.25. The van der Waals surface area contributed by atoms with Gasteiger partial charge in [-0.3, -0.25) is 4.90 Å². The number of aromatic hydroxyl groups is 1. The van der Waals surface area contributed by atoms with Crippen molar-refractivity contribution in [2.45, 2.75) is 19.4 Å². The van der Waals surface area contributed by atoms with Gasteiger partial charge in [-0.05, 0) is 26.0 Å². The zero-order valence-corrected chi connectivity index (χ0v) is 11.3. The molecule has 110 valence electrons. The van der Waals surface area contributed by atoms with Gasteiger partial charge >= 0.3 is 12.0 Å². The summed E-state index contributed by atoms with van der Waals surface area (Å²) in [6, 6.07) is 5.56. The van der Waals surface area contributed by atoms with Gasteiger partial charge in [0.1, 0.15) is 5.75 Å². The second-order valence-corrected chi connectivity index (χ2v) is 4.50. The number of benzene rings is 1. The third-order valence-corrected chi connectivity index (χ3v) is 2.75. The third kappa shape index (κ3) is 3.86. The number of aliphatic hydroxyl groups is 1. The van der Waals surface area contributed by atoms with E-state index in [0.29, 0.717) is 12.2 Å². The number of nitrogens with zero attached hydrogens (tertiary/aromatic N) is 1. The highest BCUT2D eigenvalue weighted by atomic mass is 16.4. The maximum absolute atomic E-state index is 12.0. The molecule has 1 rings (SSSR count). The maximum atomic E-state index is 12.0. The lowest BCUT2D eigenvalue weighted by molar-refractivity contribution is -0.155. The lowest BCUT2D eigenvalue weighted by Gasteiger charge is -2.24. The highest BCUT2D eigenvalue weighted by Crippen LogP contribution is 2.20. The largest absolute Gasteiger partial charge is 0.508 e.